The third-order valence-corrected chi connectivity index (χ3v) is 8.21. The Morgan fingerprint density at radius 1 is 0.846 bits per heavy atom. The summed E-state index contributed by atoms with van der Waals surface area (Å²) >= 11 is 0. The van der Waals surface area contributed by atoms with Crippen molar-refractivity contribution in [2.75, 3.05) is 20.1 Å². The highest BCUT2D eigenvalue weighted by Gasteiger charge is 2.28. The van der Waals surface area contributed by atoms with E-state index in [1.54, 1.807) is 0 Å². The van der Waals surface area contributed by atoms with Crippen molar-refractivity contribution in [3.8, 4) is 0 Å². The molecular weight excluding hydrogens is 372 g/mol. The number of hydrogen-bond donors (Lipinski definition) is 0. The minimum atomic E-state index is -3.69. The highest BCUT2D eigenvalue weighted by Crippen LogP contribution is 2.23. The molecule has 3 rings (SSSR count). The monoisotopic (exact) mass is 394 g/mol. The average Bonchev–Trinajstić information content (AvgIpc) is 3.18. The summed E-state index contributed by atoms with van der Waals surface area (Å²) in [5.74, 6) is 0. The molecule has 1 aliphatic heterocycles. The van der Waals surface area contributed by atoms with Gasteiger partial charge in [-0.3, -0.25) is 0 Å². The average molecular weight is 395 g/mol. The summed E-state index contributed by atoms with van der Waals surface area (Å²) in [5.41, 5.74) is 0.881. The fraction of sp³-hybridized carbons (Fsp3) is 0.333. The SMILES string of the molecule is CN(Cc1ccccc1)S(=O)(=O)c1ccc(S(=O)(=O)N2CCCC2)cc1. The van der Waals surface area contributed by atoms with E-state index in [9.17, 15) is 16.8 Å². The molecule has 0 amide bonds. The smallest absolute Gasteiger partial charge is 0.207 e. The fourth-order valence-electron chi connectivity index (χ4n) is 2.97. The summed E-state index contributed by atoms with van der Waals surface area (Å²) in [6.45, 7) is 1.28. The van der Waals surface area contributed by atoms with Gasteiger partial charge in [-0.2, -0.15) is 8.61 Å². The van der Waals surface area contributed by atoms with E-state index in [0.717, 1.165) is 18.4 Å². The Morgan fingerprint density at radius 3 is 1.96 bits per heavy atom. The minimum Gasteiger partial charge on any atom is -0.207 e. The summed E-state index contributed by atoms with van der Waals surface area (Å²) in [5, 5.41) is 0. The maximum atomic E-state index is 12.7. The molecule has 1 heterocycles. The molecule has 0 unspecified atom stereocenters. The summed E-state index contributed by atoms with van der Waals surface area (Å²) < 4.78 is 53.2. The number of rotatable bonds is 6. The van der Waals surface area contributed by atoms with Crippen LogP contribution in [-0.4, -0.2) is 45.6 Å². The third-order valence-electron chi connectivity index (χ3n) is 4.48. The maximum absolute atomic E-state index is 12.7. The van der Waals surface area contributed by atoms with E-state index in [2.05, 4.69) is 0 Å². The molecule has 0 saturated carbocycles. The van der Waals surface area contributed by atoms with Crippen LogP contribution in [0.5, 0.6) is 0 Å². The van der Waals surface area contributed by atoms with Crippen LogP contribution in [0.2, 0.25) is 0 Å². The number of nitrogens with zero attached hydrogens (tertiary/aromatic N) is 2. The first-order valence-corrected chi connectivity index (χ1v) is 11.3. The zero-order chi connectivity index (χ0) is 18.8. The highest BCUT2D eigenvalue weighted by atomic mass is 32.2. The predicted octanol–water partition coefficient (Wildman–Crippen LogP) is 2.29. The first kappa shape index (κ1) is 19.0. The van der Waals surface area contributed by atoms with Crippen LogP contribution in [-0.2, 0) is 26.6 Å². The number of benzene rings is 2. The van der Waals surface area contributed by atoms with Crippen LogP contribution in [0.4, 0.5) is 0 Å². The van der Waals surface area contributed by atoms with Crippen molar-refractivity contribution in [1.82, 2.24) is 8.61 Å². The van der Waals surface area contributed by atoms with Gasteiger partial charge in [-0.25, -0.2) is 16.8 Å². The molecule has 8 heteroatoms. The van der Waals surface area contributed by atoms with E-state index in [1.165, 1.54) is 39.9 Å². The Morgan fingerprint density at radius 2 is 1.38 bits per heavy atom. The molecule has 140 valence electrons. The van der Waals surface area contributed by atoms with Crippen molar-refractivity contribution in [2.24, 2.45) is 0 Å². The van der Waals surface area contributed by atoms with Crippen molar-refractivity contribution in [2.45, 2.75) is 29.2 Å². The molecule has 1 saturated heterocycles. The van der Waals surface area contributed by atoms with Crippen molar-refractivity contribution < 1.29 is 16.8 Å². The normalized spacial score (nSPS) is 16.2. The van der Waals surface area contributed by atoms with Crippen molar-refractivity contribution in [1.29, 1.82) is 0 Å². The van der Waals surface area contributed by atoms with Crippen LogP contribution in [0, 0.1) is 0 Å². The molecule has 0 aromatic heterocycles. The summed E-state index contributed by atoms with van der Waals surface area (Å²) in [6.07, 6.45) is 1.71. The molecule has 0 aliphatic carbocycles. The van der Waals surface area contributed by atoms with Gasteiger partial charge in [-0.1, -0.05) is 30.3 Å². The Kier molecular flexibility index (Phi) is 5.47. The van der Waals surface area contributed by atoms with E-state index < -0.39 is 20.0 Å². The van der Waals surface area contributed by atoms with Gasteiger partial charge in [-0.05, 0) is 42.7 Å². The molecule has 1 aliphatic rings. The van der Waals surface area contributed by atoms with Gasteiger partial charge >= 0.3 is 0 Å². The molecule has 2 aromatic carbocycles. The van der Waals surface area contributed by atoms with Gasteiger partial charge in [0, 0.05) is 26.7 Å². The summed E-state index contributed by atoms with van der Waals surface area (Å²) in [7, 11) is -5.73. The lowest BCUT2D eigenvalue weighted by molar-refractivity contribution is 0.466. The molecule has 26 heavy (non-hydrogen) atoms. The first-order valence-electron chi connectivity index (χ1n) is 8.42. The molecule has 0 atom stereocenters. The topological polar surface area (TPSA) is 74.8 Å². The lowest BCUT2D eigenvalue weighted by Crippen LogP contribution is -2.28. The highest BCUT2D eigenvalue weighted by molar-refractivity contribution is 7.89. The molecule has 0 bridgehead atoms. The van der Waals surface area contributed by atoms with Crippen LogP contribution < -0.4 is 0 Å². The van der Waals surface area contributed by atoms with E-state index in [-0.39, 0.29) is 16.3 Å². The van der Waals surface area contributed by atoms with Crippen LogP contribution in [0.25, 0.3) is 0 Å². The maximum Gasteiger partial charge on any atom is 0.243 e. The number of sulfonamides is 2. The van der Waals surface area contributed by atoms with E-state index in [0.29, 0.717) is 13.1 Å². The Balaban J connectivity index is 1.80. The minimum absolute atomic E-state index is 0.0799. The molecule has 0 N–H and O–H groups in total. The summed E-state index contributed by atoms with van der Waals surface area (Å²) in [6, 6.07) is 14.8. The van der Waals surface area contributed by atoms with Gasteiger partial charge in [0.05, 0.1) is 9.79 Å². The first-order chi connectivity index (χ1) is 12.3. The molecule has 0 radical (unpaired) electrons. The zero-order valence-corrected chi connectivity index (χ0v) is 16.2. The molecule has 2 aromatic rings. The van der Waals surface area contributed by atoms with Gasteiger partial charge in [-0.15, -0.1) is 0 Å². The van der Waals surface area contributed by atoms with Crippen LogP contribution in [0.15, 0.2) is 64.4 Å². The zero-order valence-electron chi connectivity index (χ0n) is 14.6. The second kappa shape index (κ2) is 7.48. The van der Waals surface area contributed by atoms with E-state index in [1.807, 2.05) is 30.3 Å². The van der Waals surface area contributed by atoms with Crippen molar-refractivity contribution in [3.05, 3.63) is 60.2 Å². The second-order valence-electron chi connectivity index (χ2n) is 6.33. The van der Waals surface area contributed by atoms with E-state index >= 15 is 0 Å². The van der Waals surface area contributed by atoms with Crippen LogP contribution >= 0.6 is 0 Å². The Hall–Kier alpha value is -1.74. The van der Waals surface area contributed by atoms with Crippen molar-refractivity contribution >= 4 is 20.0 Å². The van der Waals surface area contributed by atoms with Gasteiger partial charge in [0.15, 0.2) is 0 Å². The Labute approximate surface area is 155 Å². The molecule has 0 spiro atoms. The largest absolute Gasteiger partial charge is 0.243 e. The van der Waals surface area contributed by atoms with Gasteiger partial charge < -0.3 is 0 Å². The van der Waals surface area contributed by atoms with Crippen LogP contribution in [0.3, 0.4) is 0 Å². The predicted molar refractivity (Wildman–Crippen MR) is 99.5 cm³/mol. The van der Waals surface area contributed by atoms with E-state index in [4.69, 9.17) is 0 Å². The van der Waals surface area contributed by atoms with Crippen LogP contribution in [0.1, 0.15) is 18.4 Å². The quantitative estimate of drug-likeness (QED) is 0.753. The molecular formula is C18H22N2O4S2. The molecule has 6 nitrogen and oxygen atoms in total. The van der Waals surface area contributed by atoms with Gasteiger partial charge in [0.2, 0.25) is 20.0 Å². The lowest BCUT2D eigenvalue weighted by atomic mass is 10.2. The standard InChI is InChI=1S/C18H22N2O4S2/c1-19(15-16-7-3-2-4-8-16)25(21,22)17-9-11-18(12-10-17)26(23,24)20-13-5-6-14-20/h2-4,7-12H,5-6,13-15H2,1H3. The van der Waals surface area contributed by atoms with Gasteiger partial charge in [0.1, 0.15) is 0 Å². The van der Waals surface area contributed by atoms with Gasteiger partial charge in [0.25, 0.3) is 0 Å². The Bertz CT molecular complexity index is 950. The lowest BCUT2D eigenvalue weighted by Gasteiger charge is -2.18. The number of hydrogen-bond acceptors (Lipinski definition) is 4. The fourth-order valence-corrected chi connectivity index (χ4v) is 5.64. The second-order valence-corrected chi connectivity index (χ2v) is 10.3. The summed E-state index contributed by atoms with van der Waals surface area (Å²) in [4.78, 5) is 0.209. The third kappa shape index (κ3) is 3.83. The van der Waals surface area contributed by atoms with Crippen molar-refractivity contribution in [3.63, 3.8) is 0 Å². The molecule has 1 fully saturated rings.